The molecule has 0 aliphatic carbocycles. The summed E-state index contributed by atoms with van der Waals surface area (Å²) >= 11 is 0.740. The standard InChI is InChI=1S/C11H12N2O6S2/c1-2-7-10(15)12-8(14)4-13(7)21(18,19)9-3-6(5-20-9)11(16)17/h3,5,7H,2,4H2,1H3,(H,16,17)(H,12,14,15). The average molecular weight is 332 g/mol. The van der Waals surface area contributed by atoms with Crippen LogP contribution >= 0.6 is 11.3 Å². The van der Waals surface area contributed by atoms with Crippen molar-refractivity contribution in [3.05, 3.63) is 17.0 Å². The summed E-state index contributed by atoms with van der Waals surface area (Å²) in [5, 5.41) is 12.1. The van der Waals surface area contributed by atoms with Crippen molar-refractivity contribution in [1.29, 1.82) is 0 Å². The van der Waals surface area contributed by atoms with E-state index in [9.17, 15) is 22.8 Å². The van der Waals surface area contributed by atoms with Crippen LogP contribution in [0.2, 0.25) is 0 Å². The molecule has 0 aromatic carbocycles. The number of carbonyl (C=O) groups is 3. The maximum absolute atomic E-state index is 12.5. The molecule has 0 radical (unpaired) electrons. The van der Waals surface area contributed by atoms with Crippen molar-refractivity contribution in [2.45, 2.75) is 23.6 Å². The van der Waals surface area contributed by atoms with Gasteiger partial charge in [-0.15, -0.1) is 11.3 Å². The minimum atomic E-state index is -4.09. The molecule has 0 saturated carbocycles. The van der Waals surface area contributed by atoms with Crippen molar-refractivity contribution in [3.8, 4) is 0 Å². The fraction of sp³-hybridized carbons (Fsp3) is 0.364. The molecule has 114 valence electrons. The first kappa shape index (κ1) is 15.6. The molecule has 8 nitrogen and oxygen atoms in total. The Balaban J connectivity index is 2.42. The molecule has 0 spiro atoms. The predicted octanol–water partition coefficient (Wildman–Crippen LogP) is -0.128. The Morgan fingerprint density at radius 2 is 2.19 bits per heavy atom. The van der Waals surface area contributed by atoms with Crippen LogP contribution in [0.15, 0.2) is 15.7 Å². The van der Waals surface area contributed by atoms with Crippen LogP contribution < -0.4 is 5.32 Å². The van der Waals surface area contributed by atoms with Crippen LogP contribution in [0.5, 0.6) is 0 Å². The lowest BCUT2D eigenvalue weighted by atomic mass is 10.2. The highest BCUT2D eigenvalue weighted by Crippen LogP contribution is 2.27. The van der Waals surface area contributed by atoms with Crippen molar-refractivity contribution in [2.75, 3.05) is 6.54 Å². The van der Waals surface area contributed by atoms with E-state index < -0.39 is 40.4 Å². The zero-order valence-corrected chi connectivity index (χ0v) is 12.5. The molecule has 1 aliphatic heterocycles. The maximum atomic E-state index is 12.5. The van der Waals surface area contributed by atoms with Crippen LogP contribution in [-0.4, -0.2) is 48.2 Å². The first-order valence-electron chi connectivity index (χ1n) is 5.94. The predicted molar refractivity (Wildman–Crippen MR) is 72.4 cm³/mol. The number of nitrogens with one attached hydrogen (secondary N) is 1. The zero-order chi connectivity index (χ0) is 15.8. The smallest absolute Gasteiger partial charge is 0.336 e. The van der Waals surface area contributed by atoms with Gasteiger partial charge in [0, 0.05) is 5.38 Å². The van der Waals surface area contributed by atoms with E-state index in [4.69, 9.17) is 5.11 Å². The van der Waals surface area contributed by atoms with Crippen LogP contribution in [0.4, 0.5) is 0 Å². The topological polar surface area (TPSA) is 121 Å². The second-order valence-electron chi connectivity index (χ2n) is 4.35. The largest absolute Gasteiger partial charge is 0.478 e. The summed E-state index contributed by atoms with van der Waals surface area (Å²) in [6.07, 6.45) is 0.204. The molecule has 1 aliphatic rings. The van der Waals surface area contributed by atoms with Gasteiger partial charge in [0.2, 0.25) is 11.8 Å². The van der Waals surface area contributed by atoms with Crippen LogP contribution in [0, 0.1) is 0 Å². The van der Waals surface area contributed by atoms with Gasteiger partial charge in [-0.3, -0.25) is 14.9 Å². The van der Waals surface area contributed by atoms with Gasteiger partial charge in [-0.05, 0) is 12.5 Å². The molecule has 0 bridgehead atoms. The number of imide groups is 1. The highest BCUT2D eigenvalue weighted by molar-refractivity contribution is 7.91. The molecule has 1 aromatic heterocycles. The van der Waals surface area contributed by atoms with E-state index in [-0.39, 0.29) is 16.2 Å². The maximum Gasteiger partial charge on any atom is 0.336 e. The molecule has 2 heterocycles. The van der Waals surface area contributed by atoms with Crippen molar-refractivity contribution >= 4 is 39.1 Å². The first-order valence-corrected chi connectivity index (χ1v) is 8.26. The third kappa shape index (κ3) is 2.82. The summed E-state index contributed by atoms with van der Waals surface area (Å²) in [5.41, 5.74) is -0.153. The van der Waals surface area contributed by atoms with Crippen LogP contribution in [0.3, 0.4) is 0 Å². The molecule has 21 heavy (non-hydrogen) atoms. The molecule has 2 amide bonds. The van der Waals surface area contributed by atoms with Gasteiger partial charge in [-0.2, -0.15) is 4.31 Å². The molecular formula is C11H12N2O6S2. The highest BCUT2D eigenvalue weighted by atomic mass is 32.2. The van der Waals surface area contributed by atoms with E-state index in [0.717, 1.165) is 21.7 Å². The molecule has 1 unspecified atom stereocenters. The molecule has 2 N–H and O–H groups in total. The zero-order valence-electron chi connectivity index (χ0n) is 10.9. The Morgan fingerprint density at radius 3 is 2.71 bits per heavy atom. The van der Waals surface area contributed by atoms with E-state index in [1.165, 1.54) is 5.38 Å². The Labute approximate surface area is 124 Å². The molecular weight excluding hydrogens is 320 g/mol. The van der Waals surface area contributed by atoms with Gasteiger partial charge in [-0.1, -0.05) is 6.92 Å². The number of piperazine rings is 1. The second kappa shape index (κ2) is 5.54. The Bertz CT molecular complexity index is 708. The summed E-state index contributed by atoms with van der Waals surface area (Å²) in [6.45, 7) is 1.16. The lowest BCUT2D eigenvalue weighted by Crippen LogP contribution is -2.59. The van der Waals surface area contributed by atoms with E-state index in [2.05, 4.69) is 5.32 Å². The Morgan fingerprint density at radius 1 is 1.52 bits per heavy atom. The number of amides is 2. The van der Waals surface area contributed by atoms with Crippen molar-refractivity contribution in [1.82, 2.24) is 9.62 Å². The summed E-state index contributed by atoms with van der Waals surface area (Å²) in [6, 6.07) is 0.0366. The first-order chi connectivity index (χ1) is 9.77. The second-order valence-corrected chi connectivity index (χ2v) is 7.37. The van der Waals surface area contributed by atoms with Gasteiger partial charge in [0.05, 0.1) is 12.1 Å². The number of sulfonamides is 1. The van der Waals surface area contributed by atoms with Crippen LogP contribution in [-0.2, 0) is 19.6 Å². The number of thiophene rings is 1. The molecule has 1 saturated heterocycles. The van der Waals surface area contributed by atoms with E-state index in [1.807, 2.05) is 0 Å². The minimum Gasteiger partial charge on any atom is -0.478 e. The number of aromatic carboxylic acids is 1. The van der Waals surface area contributed by atoms with Gasteiger partial charge in [0.15, 0.2) is 0 Å². The van der Waals surface area contributed by atoms with E-state index >= 15 is 0 Å². The van der Waals surface area contributed by atoms with Gasteiger partial charge in [0.25, 0.3) is 10.0 Å². The van der Waals surface area contributed by atoms with Crippen LogP contribution in [0.25, 0.3) is 0 Å². The molecule has 1 fully saturated rings. The number of carbonyl (C=O) groups excluding carboxylic acids is 2. The fourth-order valence-corrected chi connectivity index (χ4v) is 4.86. The average Bonchev–Trinajstić information content (AvgIpc) is 2.88. The summed E-state index contributed by atoms with van der Waals surface area (Å²) < 4.78 is 25.6. The molecule has 1 atom stereocenters. The highest BCUT2D eigenvalue weighted by Gasteiger charge is 2.41. The van der Waals surface area contributed by atoms with E-state index in [1.54, 1.807) is 6.92 Å². The number of hydrogen-bond donors (Lipinski definition) is 2. The summed E-state index contributed by atoms with van der Waals surface area (Å²) in [5.74, 6) is -2.62. The van der Waals surface area contributed by atoms with Crippen LogP contribution in [0.1, 0.15) is 23.7 Å². The Hall–Kier alpha value is -1.78. The van der Waals surface area contributed by atoms with Gasteiger partial charge < -0.3 is 5.11 Å². The monoisotopic (exact) mass is 332 g/mol. The van der Waals surface area contributed by atoms with Gasteiger partial charge in [0.1, 0.15) is 10.3 Å². The summed E-state index contributed by atoms with van der Waals surface area (Å²) in [4.78, 5) is 33.9. The lowest BCUT2D eigenvalue weighted by Gasteiger charge is -2.31. The summed E-state index contributed by atoms with van der Waals surface area (Å²) in [7, 11) is -4.09. The molecule has 2 rings (SSSR count). The number of rotatable bonds is 4. The number of nitrogens with zero attached hydrogens (tertiary/aromatic N) is 1. The molecule has 1 aromatic rings. The third-order valence-electron chi connectivity index (χ3n) is 2.98. The minimum absolute atomic E-state index is 0.153. The van der Waals surface area contributed by atoms with E-state index in [0.29, 0.717) is 0 Å². The van der Waals surface area contributed by atoms with Crippen molar-refractivity contribution in [3.63, 3.8) is 0 Å². The number of carboxylic acids is 1. The molecule has 10 heteroatoms. The van der Waals surface area contributed by atoms with Gasteiger partial charge in [-0.25, -0.2) is 13.2 Å². The fourth-order valence-electron chi connectivity index (χ4n) is 1.96. The van der Waals surface area contributed by atoms with Gasteiger partial charge >= 0.3 is 5.97 Å². The quantitative estimate of drug-likeness (QED) is 0.741. The Kier molecular flexibility index (Phi) is 4.12. The van der Waals surface area contributed by atoms with Crippen molar-refractivity contribution < 1.29 is 27.9 Å². The van der Waals surface area contributed by atoms with Crippen molar-refractivity contribution in [2.24, 2.45) is 0 Å². The SMILES string of the molecule is CCC1C(=O)NC(=O)CN1S(=O)(=O)c1cc(C(=O)O)cs1. The number of carboxylic acid groups (broad SMARTS) is 1. The lowest BCUT2D eigenvalue weighted by molar-refractivity contribution is -0.137. The third-order valence-corrected chi connectivity index (χ3v) is 6.25. The normalized spacial score (nSPS) is 20.3. The number of hydrogen-bond acceptors (Lipinski definition) is 6.